The lowest BCUT2D eigenvalue weighted by molar-refractivity contribution is -0.119. The van der Waals surface area contributed by atoms with Crippen molar-refractivity contribution in [1.29, 1.82) is 0 Å². The number of amides is 2. The standard InChI is InChI=1S/C18H21F2N7O3/c1-11(28)21-8-14-9-26(18(29)30-14)13-6-15(19)17(16(20)7-13)25-4-2-12(3-5-25)27-10-22-23-24-27/h6-7,10,12,14H,2-5,8-9H2,1H3,(H,21,28). The Bertz CT molecular complexity index is 909. The van der Waals surface area contributed by atoms with E-state index >= 15 is 0 Å². The summed E-state index contributed by atoms with van der Waals surface area (Å²) in [6.07, 6.45) is 1.53. The van der Waals surface area contributed by atoms with E-state index in [9.17, 15) is 18.4 Å². The summed E-state index contributed by atoms with van der Waals surface area (Å²) >= 11 is 0. The van der Waals surface area contributed by atoms with Gasteiger partial charge in [0.2, 0.25) is 5.91 Å². The number of nitrogens with one attached hydrogen (secondary N) is 1. The Morgan fingerprint density at radius 1 is 1.27 bits per heavy atom. The third kappa shape index (κ3) is 4.02. The maximum atomic E-state index is 14.8. The first kappa shape index (κ1) is 20.0. The number of piperidine rings is 1. The zero-order valence-electron chi connectivity index (χ0n) is 16.3. The van der Waals surface area contributed by atoms with Gasteiger partial charge in [-0.25, -0.2) is 18.3 Å². The molecule has 0 saturated carbocycles. The number of nitrogens with zero attached hydrogens (tertiary/aromatic N) is 6. The second-order valence-corrected chi connectivity index (χ2v) is 7.32. The number of carbonyl (C=O) groups excluding carboxylic acids is 2. The van der Waals surface area contributed by atoms with Crippen molar-refractivity contribution in [1.82, 2.24) is 25.5 Å². The molecule has 160 valence electrons. The third-order valence-electron chi connectivity index (χ3n) is 5.29. The van der Waals surface area contributed by atoms with Gasteiger partial charge in [0.1, 0.15) is 18.1 Å². The molecule has 0 radical (unpaired) electrons. The first-order valence-electron chi connectivity index (χ1n) is 9.61. The molecule has 2 saturated heterocycles. The Hall–Kier alpha value is -3.31. The van der Waals surface area contributed by atoms with Crippen LogP contribution in [0, 0.1) is 11.6 Å². The Balaban J connectivity index is 1.45. The SMILES string of the molecule is CC(=O)NCC1CN(c2cc(F)c(N3CCC(n4cnnn4)CC3)c(F)c2)C(=O)O1. The fourth-order valence-corrected chi connectivity index (χ4v) is 3.80. The molecule has 1 N–H and O–H groups in total. The third-order valence-corrected chi connectivity index (χ3v) is 5.29. The Morgan fingerprint density at radius 2 is 1.97 bits per heavy atom. The van der Waals surface area contributed by atoms with Gasteiger partial charge in [0.25, 0.3) is 0 Å². The molecule has 10 nitrogen and oxygen atoms in total. The van der Waals surface area contributed by atoms with Crippen LogP contribution in [0.1, 0.15) is 25.8 Å². The molecule has 3 heterocycles. The van der Waals surface area contributed by atoms with Crippen LogP contribution in [-0.2, 0) is 9.53 Å². The van der Waals surface area contributed by atoms with Gasteiger partial charge in [-0.3, -0.25) is 9.69 Å². The van der Waals surface area contributed by atoms with Crippen molar-refractivity contribution in [3.05, 3.63) is 30.1 Å². The van der Waals surface area contributed by atoms with Gasteiger partial charge in [0, 0.05) is 32.1 Å². The van der Waals surface area contributed by atoms with E-state index < -0.39 is 23.8 Å². The van der Waals surface area contributed by atoms with Crippen molar-refractivity contribution in [3.8, 4) is 0 Å². The van der Waals surface area contributed by atoms with Gasteiger partial charge in [-0.2, -0.15) is 0 Å². The molecule has 4 rings (SSSR count). The van der Waals surface area contributed by atoms with E-state index in [0.29, 0.717) is 25.9 Å². The van der Waals surface area contributed by atoms with Gasteiger partial charge in [-0.15, -0.1) is 5.10 Å². The number of carbonyl (C=O) groups is 2. The number of halogens is 2. The summed E-state index contributed by atoms with van der Waals surface area (Å²) in [5.74, 6) is -1.75. The number of benzene rings is 1. The van der Waals surface area contributed by atoms with Crippen LogP contribution in [0.3, 0.4) is 0 Å². The highest BCUT2D eigenvalue weighted by Crippen LogP contribution is 2.33. The highest BCUT2D eigenvalue weighted by atomic mass is 19.1. The van der Waals surface area contributed by atoms with Crippen LogP contribution in [0.2, 0.25) is 0 Å². The van der Waals surface area contributed by atoms with Crippen molar-refractivity contribution in [3.63, 3.8) is 0 Å². The molecule has 2 amide bonds. The maximum absolute atomic E-state index is 14.8. The summed E-state index contributed by atoms with van der Waals surface area (Å²) in [5, 5.41) is 13.7. The van der Waals surface area contributed by atoms with Gasteiger partial charge in [0.15, 0.2) is 11.6 Å². The second-order valence-electron chi connectivity index (χ2n) is 7.32. The van der Waals surface area contributed by atoms with E-state index in [2.05, 4.69) is 20.8 Å². The van der Waals surface area contributed by atoms with E-state index in [1.807, 2.05) is 0 Å². The number of rotatable bonds is 5. The summed E-state index contributed by atoms with van der Waals surface area (Å²) in [5.41, 5.74) is -0.0380. The smallest absolute Gasteiger partial charge is 0.414 e. The summed E-state index contributed by atoms with van der Waals surface area (Å²) in [6.45, 7) is 2.47. The van der Waals surface area contributed by atoms with Crippen LogP contribution in [-0.4, -0.2) is 64.5 Å². The molecule has 1 aromatic heterocycles. The lowest BCUT2D eigenvalue weighted by Gasteiger charge is -2.33. The minimum Gasteiger partial charge on any atom is -0.442 e. The monoisotopic (exact) mass is 421 g/mol. The van der Waals surface area contributed by atoms with E-state index in [4.69, 9.17) is 4.74 Å². The molecule has 1 atom stereocenters. The van der Waals surface area contributed by atoms with Crippen LogP contribution in [0.4, 0.5) is 25.0 Å². The molecule has 1 aromatic carbocycles. The first-order valence-corrected chi connectivity index (χ1v) is 9.61. The normalized spacial score (nSPS) is 19.8. The second kappa shape index (κ2) is 8.20. The molecule has 2 aliphatic rings. The summed E-state index contributed by atoms with van der Waals surface area (Å²) in [7, 11) is 0. The number of hydrogen-bond donors (Lipinski definition) is 1. The highest BCUT2D eigenvalue weighted by Gasteiger charge is 2.34. The summed E-state index contributed by atoms with van der Waals surface area (Å²) in [6, 6.07) is 2.35. The Kier molecular flexibility index (Phi) is 5.46. The highest BCUT2D eigenvalue weighted by molar-refractivity contribution is 5.90. The van der Waals surface area contributed by atoms with Crippen LogP contribution in [0.25, 0.3) is 0 Å². The lowest BCUT2D eigenvalue weighted by atomic mass is 10.0. The number of cyclic esters (lactones) is 1. The Labute approximate surface area is 170 Å². The topological polar surface area (TPSA) is 105 Å². The van der Waals surface area contributed by atoms with Gasteiger partial charge in [-0.1, -0.05) is 0 Å². The predicted molar refractivity (Wildman–Crippen MR) is 101 cm³/mol. The van der Waals surface area contributed by atoms with Crippen molar-refractivity contribution < 1.29 is 23.1 Å². The maximum Gasteiger partial charge on any atom is 0.414 e. The lowest BCUT2D eigenvalue weighted by Crippen LogP contribution is -2.36. The fourth-order valence-electron chi connectivity index (χ4n) is 3.80. The van der Waals surface area contributed by atoms with Crippen LogP contribution >= 0.6 is 0 Å². The largest absolute Gasteiger partial charge is 0.442 e. The quantitative estimate of drug-likeness (QED) is 0.775. The fraction of sp³-hybridized carbons (Fsp3) is 0.500. The molecular weight excluding hydrogens is 400 g/mol. The van der Waals surface area contributed by atoms with E-state index in [1.54, 1.807) is 9.58 Å². The minimum atomic E-state index is -0.746. The van der Waals surface area contributed by atoms with E-state index in [0.717, 1.165) is 17.0 Å². The molecule has 12 heteroatoms. The number of tetrazole rings is 1. The van der Waals surface area contributed by atoms with Gasteiger partial charge < -0.3 is 15.0 Å². The first-order chi connectivity index (χ1) is 14.4. The average Bonchev–Trinajstić information content (AvgIpc) is 3.36. The molecule has 0 spiro atoms. The van der Waals surface area contributed by atoms with Gasteiger partial charge in [-0.05, 0) is 23.3 Å². The Morgan fingerprint density at radius 3 is 2.57 bits per heavy atom. The van der Waals surface area contributed by atoms with Crippen molar-refractivity contribution in [2.45, 2.75) is 31.9 Å². The molecule has 2 fully saturated rings. The predicted octanol–water partition coefficient (Wildman–Crippen LogP) is 1.25. The van der Waals surface area contributed by atoms with E-state index in [1.165, 1.54) is 13.3 Å². The number of hydrogen-bond acceptors (Lipinski definition) is 7. The molecule has 1 unspecified atom stereocenters. The number of anilines is 2. The number of aromatic nitrogens is 4. The molecular formula is C18H21F2N7O3. The molecule has 30 heavy (non-hydrogen) atoms. The van der Waals surface area contributed by atoms with Gasteiger partial charge >= 0.3 is 6.09 Å². The molecule has 2 aromatic rings. The molecule has 0 bridgehead atoms. The van der Waals surface area contributed by atoms with Gasteiger partial charge in [0.05, 0.1) is 24.8 Å². The van der Waals surface area contributed by atoms with Crippen LogP contribution in [0.5, 0.6) is 0 Å². The zero-order valence-corrected chi connectivity index (χ0v) is 16.3. The molecule has 2 aliphatic heterocycles. The average molecular weight is 421 g/mol. The zero-order chi connectivity index (χ0) is 21.3. The van der Waals surface area contributed by atoms with Crippen LogP contribution in [0.15, 0.2) is 18.5 Å². The van der Waals surface area contributed by atoms with Crippen molar-refractivity contribution in [2.24, 2.45) is 0 Å². The number of ether oxygens (including phenoxy) is 1. The summed E-state index contributed by atoms with van der Waals surface area (Å²) in [4.78, 5) is 25.9. The van der Waals surface area contributed by atoms with Crippen molar-refractivity contribution in [2.75, 3.05) is 36.0 Å². The van der Waals surface area contributed by atoms with E-state index in [-0.39, 0.29) is 36.4 Å². The minimum absolute atomic E-state index is 0.0765. The van der Waals surface area contributed by atoms with Crippen LogP contribution < -0.4 is 15.1 Å². The van der Waals surface area contributed by atoms with Crippen molar-refractivity contribution >= 4 is 23.4 Å². The summed E-state index contributed by atoms with van der Waals surface area (Å²) < 4.78 is 36.5. The molecule has 0 aliphatic carbocycles.